The average Bonchev–Trinajstić information content (AvgIpc) is 2.89. The van der Waals surface area contributed by atoms with Crippen LogP contribution in [0.3, 0.4) is 0 Å². The molecule has 4 aromatic carbocycles. The molecule has 0 aliphatic carbocycles. The van der Waals surface area contributed by atoms with Gasteiger partial charge in [-0.2, -0.15) is 0 Å². The Balaban J connectivity index is 1.33. The van der Waals surface area contributed by atoms with Crippen molar-refractivity contribution >= 4 is 21.6 Å². The zero-order valence-electron chi connectivity index (χ0n) is 19.1. The first-order valence-corrected chi connectivity index (χ1v) is 12.6. The van der Waals surface area contributed by atoms with E-state index in [1.807, 2.05) is 54.6 Å². The molecule has 0 atom stereocenters. The molecule has 0 unspecified atom stereocenters. The fourth-order valence-electron chi connectivity index (χ4n) is 3.51. The van der Waals surface area contributed by atoms with Gasteiger partial charge in [0.1, 0.15) is 0 Å². The number of carbonyl (C=O) groups is 1. The highest BCUT2D eigenvalue weighted by Gasteiger charge is 2.14. The monoisotopic (exact) mass is 486 g/mol. The van der Waals surface area contributed by atoms with Gasteiger partial charge in [-0.05, 0) is 47.0 Å². The maximum absolute atomic E-state index is 12.7. The summed E-state index contributed by atoms with van der Waals surface area (Å²) < 4.78 is 33.4. The maximum Gasteiger partial charge on any atom is 0.261 e. The number of benzene rings is 4. The molecule has 0 saturated heterocycles. The lowest BCUT2D eigenvalue weighted by Gasteiger charge is -2.11. The summed E-state index contributed by atoms with van der Waals surface area (Å²) in [4.78, 5) is 12.9. The van der Waals surface area contributed by atoms with E-state index in [4.69, 9.17) is 4.74 Å². The quantitative estimate of drug-likeness (QED) is 0.325. The summed E-state index contributed by atoms with van der Waals surface area (Å²) in [5, 5.41) is 2.89. The van der Waals surface area contributed by atoms with Crippen LogP contribution in [0, 0.1) is 0 Å². The summed E-state index contributed by atoms with van der Waals surface area (Å²) in [5.41, 5.74) is 3.76. The van der Waals surface area contributed by atoms with Crippen LogP contribution in [-0.4, -0.2) is 14.3 Å². The van der Waals surface area contributed by atoms with Crippen molar-refractivity contribution in [3.8, 4) is 0 Å². The average molecular weight is 487 g/mol. The molecule has 0 aliphatic heterocycles. The molecule has 0 fully saturated rings. The molecule has 1 amide bonds. The summed E-state index contributed by atoms with van der Waals surface area (Å²) in [5.74, 6) is -0.295. The topological polar surface area (TPSA) is 84.5 Å². The standard InChI is InChI=1S/C28H26N2O4S/c31-28(25-13-8-14-26(18-25)30-35(32,33)27-15-5-2-6-16-27)29-19-23-11-7-12-24(17-23)21-34-20-22-9-3-1-4-10-22/h1-18,30H,19-21H2,(H,29,31). The Hall–Kier alpha value is -3.94. The predicted molar refractivity (Wildman–Crippen MR) is 136 cm³/mol. The van der Waals surface area contributed by atoms with E-state index in [0.717, 1.165) is 16.7 Å². The van der Waals surface area contributed by atoms with Gasteiger partial charge in [-0.3, -0.25) is 9.52 Å². The first-order chi connectivity index (χ1) is 17.0. The van der Waals surface area contributed by atoms with E-state index < -0.39 is 10.0 Å². The molecule has 0 aliphatic rings. The van der Waals surface area contributed by atoms with Crippen LogP contribution in [0.5, 0.6) is 0 Å². The zero-order chi connectivity index (χ0) is 24.5. The lowest BCUT2D eigenvalue weighted by molar-refractivity contribution is 0.0951. The highest BCUT2D eigenvalue weighted by Crippen LogP contribution is 2.17. The number of anilines is 1. The third-order valence-corrected chi connectivity index (χ3v) is 6.65. The first kappa shape index (κ1) is 24.2. The van der Waals surface area contributed by atoms with Crippen molar-refractivity contribution in [2.45, 2.75) is 24.7 Å². The number of sulfonamides is 1. The SMILES string of the molecule is O=C(NCc1cccc(COCc2ccccc2)c1)c1cccc(NS(=O)(=O)c2ccccc2)c1. The lowest BCUT2D eigenvalue weighted by atomic mass is 10.1. The maximum atomic E-state index is 12.7. The van der Waals surface area contributed by atoms with Gasteiger partial charge < -0.3 is 10.1 Å². The highest BCUT2D eigenvalue weighted by molar-refractivity contribution is 7.92. The smallest absolute Gasteiger partial charge is 0.261 e. The van der Waals surface area contributed by atoms with Crippen molar-refractivity contribution in [3.63, 3.8) is 0 Å². The largest absolute Gasteiger partial charge is 0.372 e. The summed E-state index contributed by atoms with van der Waals surface area (Å²) >= 11 is 0. The van der Waals surface area contributed by atoms with Crippen LogP contribution < -0.4 is 10.0 Å². The molecule has 0 radical (unpaired) electrons. The van der Waals surface area contributed by atoms with Gasteiger partial charge >= 0.3 is 0 Å². The van der Waals surface area contributed by atoms with Crippen molar-refractivity contribution in [1.29, 1.82) is 0 Å². The molecule has 2 N–H and O–H groups in total. The Bertz CT molecular complexity index is 1370. The van der Waals surface area contributed by atoms with Crippen LogP contribution in [0.2, 0.25) is 0 Å². The molecule has 0 saturated carbocycles. The number of ether oxygens (including phenoxy) is 1. The number of hydrogen-bond acceptors (Lipinski definition) is 4. The molecular weight excluding hydrogens is 460 g/mol. The second-order valence-electron chi connectivity index (χ2n) is 7.98. The minimum atomic E-state index is -3.73. The minimum Gasteiger partial charge on any atom is -0.372 e. The predicted octanol–water partition coefficient (Wildman–Crippen LogP) is 5.13. The number of carbonyl (C=O) groups excluding carboxylic acids is 1. The number of hydrogen-bond donors (Lipinski definition) is 2. The van der Waals surface area contributed by atoms with E-state index in [-0.39, 0.29) is 10.8 Å². The number of amides is 1. The van der Waals surface area contributed by atoms with Gasteiger partial charge in [0.05, 0.1) is 18.1 Å². The van der Waals surface area contributed by atoms with Crippen LogP contribution in [0.15, 0.2) is 114 Å². The Morgan fingerprint density at radius 1 is 0.686 bits per heavy atom. The Morgan fingerprint density at radius 3 is 2.09 bits per heavy atom. The Morgan fingerprint density at radius 2 is 1.31 bits per heavy atom. The Labute approximate surface area is 205 Å². The third kappa shape index (κ3) is 7.02. The van der Waals surface area contributed by atoms with Crippen molar-refractivity contribution in [3.05, 3.63) is 131 Å². The summed E-state index contributed by atoms with van der Waals surface area (Å²) in [7, 11) is -3.73. The fourth-order valence-corrected chi connectivity index (χ4v) is 4.58. The molecule has 0 heterocycles. The molecular formula is C28H26N2O4S. The van der Waals surface area contributed by atoms with Gasteiger partial charge in [-0.15, -0.1) is 0 Å². The second kappa shape index (κ2) is 11.5. The van der Waals surface area contributed by atoms with Gasteiger partial charge in [0, 0.05) is 17.8 Å². The third-order valence-electron chi connectivity index (χ3n) is 5.26. The van der Waals surface area contributed by atoms with E-state index in [0.29, 0.717) is 31.0 Å². The van der Waals surface area contributed by atoms with Crippen molar-refractivity contribution < 1.29 is 17.9 Å². The van der Waals surface area contributed by atoms with E-state index in [9.17, 15) is 13.2 Å². The molecule has 4 rings (SSSR count). The fraction of sp³-hybridized carbons (Fsp3) is 0.107. The van der Waals surface area contributed by atoms with Gasteiger partial charge in [-0.25, -0.2) is 8.42 Å². The highest BCUT2D eigenvalue weighted by atomic mass is 32.2. The molecule has 6 nitrogen and oxygen atoms in total. The van der Waals surface area contributed by atoms with Crippen molar-refractivity contribution in [2.24, 2.45) is 0 Å². The van der Waals surface area contributed by atoms with Gasteiger partial charge in [0.2, 0.25) is 0 Å². The first-order valence-electron chi connectivity index (χ1n) is 11.2. The molecule has 178 valence electrons. The van der Waals surface area contributed by atoms with E-state index in [2.05, 4.69) is 10.0 Å². The molecule has 0 bridgehead atoms. The van der Waals surface area contributed by atoms with Crippen LogP contribution in [0.1, 0.15) is 27.0 Å². The number of nitrogens with one attached hydrogen (secondary N) is 2. The zero-order valence-corrected chi connectivity index (χ0v) is 19.9. The van der Waals surface area contributed by atoms with E-state index in [1.54, 1.807) is 36.4 Å². The molecule has 4 aromatic rings. The molecule has 0 aromatic heterocycles. The summed E-state index contributed by atoms with van der Waals surface area (Å²) in [6, 6.07) is 32.3. The lowest BCUT2D eigenvalue weighted by Crippen LogP contribution is -2.23. The van der Waals surface area contributed by atoms with Crippen LogP contribution in [-0.2, 0) is 34.5 Å². The molecule has 0 spiro atoms. The molecule has 35 heavy (non-hydrogen) atoms. The van der Waals surface area contributed by atoms with Gasteiger partial charge in [-0.1, -0.05) is 78.9 Å². The minimum absolute atomic E-state index is 0.155. The summed E-state index contributed by atoms with van der Waals surface area (Å²) in [6.07, 6.45) is 0. The van der Waals surface area contributed by atoms with Crippen molar-refractivity contribution in [2.75, 3.05) is 4.72 Å². The van der Waals surface area contributed by atoms with Gasteiger partial charge in [0.25, 0.3) is 15.9 Å². The Kier molecular flexibility index (Phi) is 7.92. The number of rotatable bonds is 10. The van der Waals surface area contributed by atoms with E-state index >= 15 is 0 Å². The van der Waals surface area contributed by atoms with E-state index in [1.165, 1.54) is 18.2 Å². The van der Waals surface area contributed by atoms with Gasteiger partial charge in [0.15, 0.2) is 0 Å². The normalized spacial score (nSPS) is 11.1. The van der Waals surface area contributed by atoms with Crippen molar-refractivity contribution in [1.82, 2.24) is 5.32 Å². The van der Waals surface area contributed by atoms with Crippen LogP contribution in [0.4, 0.5) is 5.69 Å². The second-order valence-corrected chi connectivity index (χ2v) is 9.66. The summed E-state index contributed by atoms with van der Waals surface area (Å²) in [6.45, 7) is 1.35. The van der Waals surface area contributed by atoms with Crippen LogP contribution >= 0.6 is 0 Å². The molecule has 7 heteroatoms. The van der Waals surface area contributed by atoms with Crippen LogP contribution in [0.25, 0.3) is 0 Å².